The van der Waals surface area contributed by atoms with Crippen molar-refractivity contribution in [2.45, 2.75) is 45.1 Å². The zero-order valence-corrected chi connectivity index (χ0v) is 14.1. The average molecular weight is 323 g/mol. The Labute approximate surface area is 139 Å². The van der Waals surface area contributed by atoms with Crippen molar-refractivity contribution in [1.82, 2.24) is 10.6 Å². The maximum Gasteiger partial charge on any atom is 0.224 e. The second-order valence-electron chi connectivity index (χ2n) is 6.63. The molecular weight excluding hydrogens is 296 g/mol. The molecular formula is C18H27ClN2O. The molecule has 22 heavy (non-hydrogen) atoms. The minimum Gasteiger partial charge on any atom is -0.349 e. The summed E-state index contributed by atoms with van der Waals surface area (Å²) in [6.45, 7) is 4.31. The van der Waals surface area contributed by atoms with Crippen LogP contribution in [-0.4, -0.2) is 19.0 Å². The molecule has 1 amide bonds. The average Bonchev–Trinajstić information content (AvgIpc) is 3.22. The Balaban J connectivity index is 0.00000176. The molecule has 3 rings (SSSR count). The maximum absolute atomic E-state index is 12.6. The zero-order chi connectivity index (χ0) is 14.7. The summed E-state index contributed by atoms with van der Waals surface area (Å²) in [6.07, 6.45) is 5.51. The number of hydrogen-bond donors (Lipinski definition) is 2. The Morgan fingerprint density at radius 3 is 2.64 bits per heavy atom. The van der Waals surface area contributed by atoms with Crippen molar-refractivity contribution in [1.29, 1.82) is 0 Å². The second-order valence-corrected chi connectivity index (χ2v) is 6.63. The largest absolute Gasteiger partial charge is 0.349 e. The Morgan fingerprint density at radius 2 is 2.00 bits per heavy atom. The summed E-state index contributed by atoms with van der Waals surface area (Å²) in [5.41, 5.74) is 1.55. The lowest BCUT2D eigenvalue weighted by Crippen LogP contribution is -2.35. The van der Waals surface area contributed by atoms with Crippen LogP contribution >= 0.6 is 12.4 Å². The number of halogens is 1. The Bertz CT molecular complexity index is 485. The molecule has 0 radical (unpaired) electrons. The summed E-state index contributed by atoms with van der Waals surface area (Å²) in [5.74, 6) is 0.530. The molecule has 3 nitrogen and oxygen atoms in total. The number of piperidine rings is 1. The third-order valence-corrected chi connectivity index (χ3v) is 5.20. The zero-order valence-electron chi connectivity index (χ0n) is 13.3. The molecule has 1 aromatic rings. The molecule has 0 bridgehead atoms. The molecule has 2 unspecified atom stereocenters. The summed E-state index contributed by atoms with van der Waals surface area (Å²) < 4.78 is 0. The van der Waals surface area contributed by atoms with Gasteiger partial charge in [0.25, 0.3) is 0 Å². The highest BCUT2D eigenvalue weighted by atomic mass is 35.5. The molecule has 0 aromatic heterocycles. The summed E-state index contributed by atoms with van der Waals surface area (Å²) >= 11 is 0. The van der Waals surface area contributed by atoms with Gasteiger partial charge in [0.1, 0.15) is 0 Å². The monoisotopic (exact) mass is 322 g/mol. The molecule has 2 aliphatic rings. The van der Waals surface area contributed by atoms with E-state index in [4.69, 9.17) is 0 Å². The minimum absolute atomic E-state index is 0. The molecule has 2 N–H and O–H groups in total. The first-order chi connectivity index (χ1) is 10.2. The van der Waals surface area contributed by atoms with Gasteiger partial charge in [-0.3, -0.25) is 4.79 Å². The van der Waals surface area contributed by atoms with Gasteiger partial charge in [-0.05, 0) is 49.8 Å². The Kier molecular flexibility index (Phi) is 5.87. The van der Waals surface area contributed by atoms with Crippen molar-refractivity contribution in [2.24, 2.45) is 11.3 Å². The van der Waals surface area contributed by atoms with Crippen LogP contribution in [0.4, 0.5) is 0 Å². The number of benzene rings is 1. The van der Waals surface area contributed by atoms with Crippen molar-refractivity contribution in [3.05, 3.63) is 35.9 Å². The van der Waals surface area contributed by atoms with Crippen LogP contribution in [0, 0.1) is 11.3 Å². The number of rotatable bonds is 5. The molecule has 122 valence electrons. The first kappa shape index (κ1) is 17.3. The lowest BCUT2D eigenvalue weighted by Gasteiger charge is -2.24. The highest BCUT2D eigenvalue weighted by molar-refractivity contribution is 5.85. The van der Waals surface area contributed by atoms with E-state index in [0.29, 0.717) is 5.41 Å². The van der Waals surface area contributed by atoms with E-state index in [1.165, 1.54) is 5.56 Å². The summed E-state index contributed by atoms with van der Waals surface area (Å²) in [7, 11) is 0. The van der Waals surface area contributed by atoms with Crippen LogP contribution in [-0.2, 0) is 4.79 Å². The summed E-state index contributed by atoms with van der Waals surface area (Å²) in [5, 5.41) is 6.70. The molecule has 1 aliphatic heterocycles. The standard InChI is InChI=1S/C18H26N2O.ClH/c1-2-6-16(14-7-4-3-5-8-14)20-17(21)15-13-18(15)9-11-19-12-10-18;/h3-5,7-8,15-16,19H,2,6,9-13H2,1H3,(H,20,21);1H. The van der Waals surface area contributed by atoms with Gasteiger partial charge in [0.2, 0.25) is 5.91 Å². The van der Waals surface area contributed by atoms with Gasteiger partial charge >= 0.3 is 0 Å². The van der Waals surface area contributed by atoms with Crippen LogP contribution in [0.5, 0.6) is 0 Å². The predicted octanol–water partition coefficient (Wildman–Crippen LogP) is 3.46. The van der Waals surface area contributed by atoms with Crippen molar-refractivity contribution in [3.63, 3.8) is 0 Å². The topological polar surface area (TPSA) is 41.1 Å². The molecule has 4 heteroatoms. The summed E-state index contributed by atoms with van der Waals surface area (Å²) in [6, 6.07) is 10.5. The molecule has 2 fully saturated rings. The van der Waals surface area contributed by atoms with E-state index < -0.39 is 0 Å². The predicted molar refractivity (Wildman–Crippen MR) is 92.1 cm³/mol. The Hall–Kier alpha value is -1.06. The van der Waals surface area contributed by atoms with Crippen LogP contribution in [0.15, 0.2) is 30.3 Å². The van der Waals surface area contributed by atoms with E-state index >= 15 is 0 Å². The van der Waals surface area contributed by atoms with Crippen LogP contribution in [0.3, 0.4) is 0 Å². The van der Waals surface area contributed by atoms with E-state index in [2.05, 4.69) is 41.8 Å². The van der Waals surface area contributed by atoms with E-state index in [1.807, 2.05) is 6.07 Å². The van der Waals surface area contributed by atoms with Gasteiger partial charge in [-0.2, -0.15) is 0 Å². The van der Waals surface area contributed by atoms with Gasteiger partial charge in [-0.25, -0.2) is 0 Å². The first-order valence-electron chi connectivity index (χ1n) is 8.31. The van der Waals surface area contributed by atoms with E-state index in [9.17, 15) is 4.79 Å². The second kappa shape index (κ2) is 7.47. The van der Waals surface area contributed by atoms with E-state index in [1.54, 1.807) is 0 Å². The number of nitrogens with one attached hydrogen (secondary N) is 2. The number of carbonyl (C=O) groups excluding carboxylic acids is 1. The van der Waals surface area contributed by atoms with Gasteiger partial charge in [0.05, 0.1) is 6.04 Å². The van der Waals surface area contributed by atoms with Gasteiger partial charge in [0.15, 0.2) is 0 Å². The SMILES string of the molecule is CCCC(NC(=O)C1CC12CCNCC2)c1ccccc1.Cl. The Morgan fingerprint density at radius 1 is 1.32 bits per heavy atom. The van der Waals surface area contributed by atoms with E-state index in [-0.39, 0.29) is 30.3 Å². The van der Waals surface area contributed by atoms with Crippen molar-refractivity contribution < 1.29 is 4.79 Å². The molecule has 1 spiro atoms. The highest BCUT2D eigenvalue weighted by Gasteiger charge is 2.57. The van der Waals surface area contributed by atoms with E-state index in [0.717, 1.165) is 45.2 Å². The first-order valence-corrected chi connectivity index (χ1v) is 8.31. The van der Waals surface area contributed by atoms with Gasteiger partial charge in [-0.15, -0.1) is 12.4 Å². The van der Waals surface area contributed by atoms with Crippen molar-refractivity contribution in [2.75, 3.05) is 13.1 Å². The molecule has 1 aromatic carbocycles. The fourth-order valence-electron chi connectivity index (χ4n) is 3.76. The molecule has 1 saturated carbocycles. The fraction of sp³-hybridized carbons (Fsp3) is 0.611. The smallest absolute Gasteiger partial charge is 0.224 e. The fourth-order valence-corrected chi connectivity index (χ4v) is 3.76. The normalized spacial score (nSPS) is 23.4. The van der Waals surface area contributed by atoms with Gasteiger partial charge in [0, 0.05) is 5.92 Å². The number of carbonyl (C=O) groups is 1. The molecule has 2 atom stereocenters. The molecule has 1 saturated heterocycles. The van der Waals surface area contributed by atoms with Crippen molar-refractivity contribution >= 4 is 18.3 Å². The van der Waals surface area contributed by atoms with Gasteiger partial charge in [-0.1, -0.05) is 43.7 Å². The third kappa shape index (κ3) is 3.64. The maximum atomic E-state index is 12.6. The number of amides is 1. The van der Waals surface area contributed by atoms with Crippen LogP contribution in [0.25, 0.3) is 0 Å². The van der Waals surface area contributed by atoms with Crippen LogP contribution in [0.2, 0.25) is 0 Å². The summed E-state index contributed by atoms with van der Waals surface area (Å²) in [4.78, 5) is 12.6. The van der Waals surface area contributed by atoms with Crippen molar-refractivity contribution in [3.8, 4) is 0 Å². The van der Waals surface area contributed by atoms with Crippen LogP contribution < -0.4 is 10.6 Å². The minimum atomic E-state index is 0. The lowest BCUT2D eigenvalue weighted by molar-refractivity contribution is -0.124. The lowest BCUT2D eigenvalue weighted by atomic mass is 9.91. The van der Waals surface area contributed by atoms with Gasteiger partial charge < -0.3 is 10.6 Å². The molecule has 1 aliphatic carbocycles. The van der Waals surface area contributed by atoms with Crippen LogP contribution in [0.1, 0.15) is 50.6 Å². The molecule has 1 heterocycles. The third-order valence-electron chi connectivity index (χ3n) is 5.20. The highest BCUT2D eigenvalue weighted by Crippen LogP contribution is 2.58. The number of hydrogen-bond acceptors (Lipinski definition) is 2. The quantitative estimate of drug-likeness (QED) is 0.871.